The van der Waals surface area contributed by atoms with E-state index in [4.69, 9.17) is 4.74 Å². The summed E-state index contributed by atoms with van der Waals surface area (Å²) in [5, 5.41) is 13.0. The first-order chi connectivity index (χ1) is 14.3. The van der Waals surface area contributed by atoms with Crippen LogP contribution in [0.2, 0.25) is 0 Å². The Labute approximate surface area is 173 Å². The number of carbonyl (C=O) groups excluding carboxylic acids is 2. The van der Waals surface area contributed by atoms with Gasteiger partial charge in [0.05, 0.1) is 20.9 Å². The predicted octanol–water partition coefficient (Wildman–Crippen LogP) is 2.32. The van der Waals surface area contributed by atoms with Gasteiger partial charge in [-0.3, -0.25) is 14.9 Å². The Morgan fingerprint density at radius 1 is 1.16 bits per heavy atom. The van der Waals surface area contributed by atoms with Gasteiger partial charge in [-0.25, -0.2) is 17.9 Å². The summed E-state index contributed by atoms with van der Waals surface area (Å²) in [4.78, 5) is 33.7. The van der Waals surface area contributed by atoms with Crippen molar-refractivity contribution in [1.29, 1.82) is 0 Å². The SMILES string of the molecule is CNS(=O)(=O)c1cccc(C(=O)OCC(=O)Nc2ccc(C(F)(F)F)cc2[N+](=O)[O-])c1. The molecule has 0 aliphatic carbocycles. The lowest BCUT2D eigenvalue weighted by Crippen LogP contribution is -2.22. The van der Waals surface area contributed by atoms with Crippen molar-refractivity contribution in [3.8, 4) is 0 Å². The van der Waals surface area contributed by atoms with Gasteiger partial charge in [0, 0.05) is 6.07 Å². The number of nitro groups is 1. The summed E-state index contributed by atoms with van der Waals surface area (Å²) in [5.74, 6) is -2.12. The molecule has 0 aliphatic heterocycles. The molecule has 0 aromatic heterocycles. The lowest BCUT2D eigenvalue weighted by Gasteiger charge is -2.10. The third-order valence-electron chi connectivity index (χ3n) is 3.78. The Hall–Kier alpha value is -3.52. The van der Waals surface area contributed by atoms with Crippen molar-refractivity contribution in [2.75, 3.05) is 19.0 Å². The van der Waals surface area contributed by atoms with Crippen molar-refractivity contribution in [2.45, 2.75) is 11.1 Å². The molecule has 0 saturated heterocycles. The number of benzene rings is 2. The van der Waals surface area contributed by atoms with Crippen LogP contribution in [-0.4, -0.2) is 38.9 Å². The van der Waals surface area contributed by atoms with Gasteiger partial charge in [0.15, 0.2) is 6.61 Å². The molecule has 0 heterocycles. The Bertz CT molecular complexity index is 1130. The zero-order chi connectivity index (χ0) is 23.4. The molecule has 2 rings (SSSR count). The summed E-state index contributed by atoms with van der Waals surface area (Å²) < 4.78 is 68.5. The smallest absolute Gasteiger partial charge is 0.416 e. The average Bonchev–Trinajstić information content (AvgIpc) is 2.71. The van der Waals surface area contributed by atoms with E-state index in [0.717, 1.165) is 6.07 Å². The van der Waals surface area contributed by atoms with E-state index in [2.05, 4.69) is 4.72 Å². The number of nitrogens with zero attached hydrogens (tertiary/aromatic N) is 1. The molecule has 0 bridgehead atoms. The molecule has 0 fully saturated rings. The minimum Gasteiger partial charge on any atom is -0.452 e. The molecule has 2 aromatic rings. The van der Waals surface area contributed by atoms with Gasteiger partial charge in [-0.15, -0.1) is 0 Å². The third-order valence-corrected chi connectivity index (χ3v) is 5.19. The first kappa shape index (κ1) is 23.8. The van der Waals surface area contributed by atoms with Crippen LogP contribution < -0.4 is 10.0 Å². The molecule has 31 heavy (non-hydrogen) atoms. The third kappa shape index (κ3) is 5.99. The normalized spacial score (nSPS) is 11.6. The highest BCUT2D eigenvalue weighted by Crippen LogP contribution is 2.34. The Balaban J connectivity index is 2.10. The topological polar surface area (TPSA) is 145 Å². The fraction of sp³-hybridized carbons (Fsp3) is 0.176. The minimum atomic E-state index is -4.82. The fourth-order valence-corrected chi connectivity index (χ4v) is 3.05. The molecule has 1 amide bonds. The summed E-state index contributed by atoms with van der Waals surface area (Å²) >= 11 is 0. The molecule has 0 atom stereocenters. The largest absolute Gasteiger partial charge is 0.452 e. The van der Waals surface area contributed by atoms with E-state index < -0.39 is 56.5 Å². The van der Waals surface area contributed by atoms with E-state index in [0.29, 0.717) is 12.1 Å². The van der Waals surface area contributed by atoms with Crippen molar-refractivity contribution in [3.63, 3.8) is 0 Å². The van der Waals surface area contributed by atoms with Gasteiger partial charge < -0.3 is 10.1 Å². The number of carbonyl (C=O) groups is 2. The lowest BCUT2D eigenvalue weighted by atomic mass is 10.1. The van der Waals surface area contributed by atoms with Crippen molar-refractivity contribution in [3.05, 3.63) is 63.7 Å². The Morgan fingerprint density at radius 2 is 1.84 bits per heavy atom. The van der Waals surface area contributed by atoms with Gasteiger partial charge in [-0.2, -0.15) is 13.2 Å². The standard InChI is InChI=1S/C17H14F3N3O7S/c1-21-31(28,29)12-4-2-3-10(7-12)16(25)30-9-15(24)22-13-6-5-11(17(18,19)20)8-14(13)23(26)27/h2-8,21H,9H2,1H3,(H,22,24). The molecule has 0 radical (unpaired) electrons. The van der Waals surface area contributed by atoms with E-state index in [-0.39, 0.29) is 16.5 Å². The van der Waals surface area contributed by atoms with Gasteiger partial charge >= 0.3 is 12.1 Å². The Morgan fingerprint density at radius 3 is 2.42 bits per heavy atom. The molecule has 0 spiro atoms. The molecule has 0 unspecified atom stereocenters. The zero-order valence-electron chi connectivity index (χ0n) is 15.6. The van der Waals surface area contributed by atoms with E-state index in [1.54, 1.807) is 0 Å². The number of nitro benzene ring substituents is 1. The van der Waals surface area contributed by atoms with E-state index in [9.17, 15) is 41.3 Å². The van der Waals surface area contributed by atoms with Gasteiger partial charge in [0.2, 0.25) is 10.0 Å². The van der Waals surface area contributed by atoms with Crippen molar-refractivity contribution in [1.82, 2.24) is 4.72 Å². The van der Waals surface area contributed by atoms with Crippen LogP contribution in [0.25, 0.3) is 0 Å². The van der Waals surface area contributed by atoms with Crippen molar-refractivity contribution in [2.24, 2.45) is 0 Å². The summed E-state index contributed by atoms with van der Waals surface area (Å²) in [6.07, 6.45) is -4.82. The number of sulfonamides is 1. The van der Waals surface area contributed by atoms with E-state index >= 15 is 0 Å². The van der Waals surface area contributed by atoms with Gasteiger partial charge in [0.1, 0.15) is 5.69 Å². The maximum Gasteiger partial charge on any atom is 0.416 e. The maximum atomic E-state index is 12.7. The van der Waals surface area contributed by atoms with E-state index in [1.807, 2.05) is 5.32 Å². The number of ether oxygens (including phenoxy) is 1. The number of alkyl halides is 3. The van der Waals surface area contributed by atoms with Crippen LogP contribution in [-0.2, 0) is 25.7 Å². The monoisotopic (exact) mass is 461 g/mol. The predicted molar refractivity (Wildman–Crippen MR) is 99.7 cm³/mol. The highest BCUT2D eigenvalue weighted by atomic mass is 32.2. The lowest BCUT2D eigenvalue weighted by molar-refractivity contribution is -0.384. The number of hydrogen-bond donors (Lipinski definition) is 2. The van der Waals surface area contributed by atoms with Crippen LogP contribution in [0.5, 0.6) is 0 Å². The van der Waals surface area contributed by atoms with Crippen LogP contribution >= 0.6 is 0 Å². The molecule has 2 aromatic carbocycles. The number of nitrogens with one attached hydrogen (secondary N) is 2. The van der Waals surface area contributed by atoms with Gasteiger partial charge in [0.25, 0.3) is 11.6 Å². The van der Waals surface area contributed by atoms with Gasteiger partial charge in [-0.1, -0.05) is 6.07 Å². The molecule has 10 nitrogen and oxygen atoms in total. The van der Waals surface area contributed by atoms with Crippen molar-refractivity contribution >= 4 is 33.3 Å². The molecule has 14 heteroatoms. The molecule has 2 N–H and O–H groups in total. The first-order valence-corrected chi connectivity index (χ1v) is 9.69. The first-order valence-electron chi connectivity index (χ1n) is 8.21. The highest BCUT2D eigenvalue weighted by molar-refractivity contribution is 7.89. The number of anilines is 1. The number of esters is 1. The quantitative estimate of drug-likeness (QED) is 0.366. The molecule has 0 aliphatic rings. The summed E-state index contributed by atoms with van der Waals surface area (Å²) in [7, 11) is -2.66. The summed E-state index contributed by atoms with van der Waals surface area (Å²) in [6.45, 7) is -0.931. The fourth-order valence-electron chi connectivity index (χ4n) is 2.27. The second-order valence-corrected chi connectivity index (χ2v) is 7.73. The van der Waals surface area contributed by atoms with Crippen LogP contribution in [0.3, 0.4) is 0 Å². The van der Waals surface area contributed by atoms with Gasteiger partial charge in [-0.05, 0) is 37.4 Å². The highest BCUT2D eigenvalue weighted by Gasteiger charge is 2.33. The molecular weight excluding hydrogens is 447 g/mol. The average molecular weight is 461 g/mol. The molecule has 166 valence electrons. The number of halogens is 3. The number of hydrogen-bond acceptors (Lipinski definition) is 7. The second kappa shape index (κ2) is 9.09. The molecular formula is C17H14F3N3O7S. The summed E-state index contributed by atoms with van der Waals surface area (Å²) in [6, 6.07) is 6.23. The minimum absolute atomic E-state index is 0.190. The maximum absolute atomic E-state index is 12.7. The van der Waals surface area contributed by atoms with Crippen LogP contribution in [0.4, 0.5) is 24.5 Å². The van der Waals surface area contributed by atoms with Crippen molar-refractivity contribution < 1.29 is 40.8 Å². The summed E-state index contributed by atoms with van der Waals surface area (Å²) in [5.41, 5.74) is -3.00. The second-order valence-electron chi connectivity index (χ2n) is 5.85. The van der Waals surface area contributed by atoms with Crippen LogP contribution in [0.1, 0.15) is 15.9 Å². The number of rotatable bonds is 7. The van der Waals surface area contributed by atoms with E-state index in [1.165, 1.54) is 25.2 Å². The number of amides is 1. The zero-order valence-corrected chi connectivity index (χ0v) is 16.4. The van der Waals surface area contributed by atoms with Crippen LogP contribution in [0.15, 0.2) is 47.4 Å². The Kier molecular flexibility index (Phi) is 6.97. The molecule has 0 saturated carbocycles. The van der Waals surface area contributed by atoms with Crippen LogP contribution in [0, 0.1) is 10.1 Å².